The molecule has 0 heterocycles. The summed E-state index contributed by atoms with van der Waals surface area (Å²) in [6.45, 7) is 9.75. The Bertz CT molecular complexity index is 260. The third-order valence-corrected chi connectivity index (χ3v) is 3.92. The van der Waals surface area contributed by atoms with Gasteiger partial charge in [-0.15, -0.1) is 0 Å². The predicted molar refractivity (Wildman–Crippen MR) is 61.3 cm³/mol. The van der Waals surface area contributed by atoms with Gasteiger partial charge in [0.15, 0.2) is 5.85 Å². The third kappa shape index (κ3) is 5.64. The monoisotopic (exact) mass is 252 g/mol. The van der Waals surface area contributed by atoms with E-state index in [1.807, 2.05) is 0 Å². The topological polar surface area (TPSA) is 61.8 Å². The van der Waals surface area contributed by atoms with Crippen molar-refractivity contribution in [1.82, 2.24) is 0 Å². The lowest BCUT2D eigenvalue weighted by molar-refractivity contribution is -0.143. The van der Waals surface area contributed by atoms with E-state index in [2.05, 4.69) is 0 Å². The lowest BCUT2D eigenvalue weighted by Crippen LogP contribution is -2.20. The van der Waals surface area contributed by atoms with Crippen molar-refractivity contribution in [1.29, 1.82) is 0 Å². The number of carbonyl (C=O) groups is 1. The maximum Gasteiger partial charge on any atom is 0.371 e. The fourth-order valence-electron chi connectivity index (χ4n) is 1.09. The van der Waals surface area contributed by atoms with Crippen LogP contribution in [0.5, 0.6) is 0 Å². The zero-order chi connectivity index (χ0) is 12.9. The molecule has 0 fully saturated rings. The van der Waals surface area contributed by atoms with Crippen molar-refractivity contribution in [2.24, 2.45) is 0 Å². The first-order valence-electron chi connectivity index (χ1n) is 5.31. The molecule has 0 rings (SSSR count). The van der Waals surface area contributed by atoms with Crippen LogP contribution in [0, 0.1) is 0 Å². The molecule has 0 N–H and O–H groups in total. The van der Waals surface area contributed by atoms with Crippen LogP contribution in [0.1, 0.15) is 41.5 Å². The van der Waals surface area contributed by atoms with Crippen LogP contribution >= 0.6 is 7.60 Å². The Balaban J connectivity index is 4.76. The fraction of sp³-hybridized carbons (Fsp3) is 0.900. The van der Waals surface area contributed by atoms with Crippen molar-refractivity contribution in [3.05, 3.63) is 0 Å². The Morgan fingerprint density at radius 1 is 1.00 bits per heavy atom. The summed E-state index contributed by atoms with van der Waals surface area (Å²) in [5.74, 6) is -1.40. The molecule has 0 aliphatic heterocycles. The lowest BCUT2D eigenvalue weighted by Gasteiger charge is -2.26. The minimum absolute atomic E-state index is 0.261. The molecule has 0 radical (unpaired) electrons. The van der Waals surface area contributed by atoms with Gasteiger partial charge in [-0.3, -0.25) is 9.36 Å². The minimum Gasteiger partial charge on any atom is -0.450 e. The van der Waals surface area contributed by atoms with Gasteiger partial charge in [-0.25, -0.2) is 0 Å². The van der Waals surface area contributed by atoms with Gasteiger partial charge in [0.25, 0.3) is 0 Å². The van der Waals surface area contributed by atoms with Gasteiger partial charge in [0.2, 0.25) is 0 Å². The summed E-state index contributed by atoms with van der Waals surface area (Å²) in [4.78, 5) is 10.8. The van der Waals surface area contributed by atoms with E-state index in [4.69, 9.17) is 13.8 Å². The Morgan fingerprint density at radius 3 is 1.62 bits per heavy atom. The van der Waals surface area contributed by atoms with Crippen LogP contribution in [-0.4, -0.2) is 24.0 Å². The predicted octanol–water partition coefficient (Wildman–Crippen LogP) is 2.94. The second-order valence-electron chi connectivity index (χ2n) is 4.06. The number of hydrogen-bond donors (Lipinski definition) is 0. The maximum absolute atomic E-state index is 12.3. The summed E-state index contributed by atoms with van der Waals surface area (Å²) >= 11 is 0. The second kappa shape index (κ2) is 6.38. The van der Waals surface area contributed by atoms with E-state index < -0.39 is 19.4 Å². The minimum atomic E-state index is -3.42. The summed E-state index contributed by atoms with van der Waals surface area (Å²) in [6, 6.07) is 0. The highest BCUT2D eigenvalue weighted by Crippen LogP contribution is 2.55. The molecule has 96 valence electrons. The second-order valence-corrected chi connectivity index (χ2v) is 6.29. The van der Waals surface area contributed by atoms with Crippen LogP contribution in [0.3, 0.4) is 0 Å². The van der Waals surface area contributed by atoms with Crippen LogP contribution in [0.4, 0.5) is 0 Å². The average Bonchev–Trinajstić information content (AvgIpc) is 1.98. The van der Waals surface area contributed by atoms with Crippen molar-refractivity contribution in [3.63, 3.8) is 0 Å². The highest BCUT2D eigenvalue weighted by Gasteiger charge is 2.37. The van der Waals surface area contributed by atoms with Crippen LogP contribution in [0.2, 0.25) is 0 Å². The number of esters is 1. The van der Waals surface area contributed by atoms with E-state index in [-0.39, 0.29) is 12.2 Å². The maximum atomic E-state index is 12.3. The number of rotatable bonds is 6. The average molecular weight is 252 g/mol. The smallest absolute Gasteiger partial charge is 0.371 e. The van der Waals surface area contributed by atoms with E-state index in [0.717, 1.165) is 0 Å². The normalized spacial score (nSPS) is 14.2. The first kappa shape index (κ1) is 15.6. The molecule has 0 aromatic carbocycles. The van der Waals surface area contributed by atoms with Gasteiger partial charge >= 0.3 is 13.6 Å². The Kier molecular flexibility index (Phi) is 6.23. The van der Waals surface area contributed by atoms with Crippen molar-refractivity contribution in [2.45, 2.75) is 59.6 Å². The molecular weight excluding hydrogens is 231 g/mol. The zero-order valence-electron chi connectivity index (χ0n) is 10.7. The van der Waals surface area contributed by atoms with Gasteiger partial charge in [0.1, 0.15) is 0 Å². The van der Waals surface area contributed by atoms with E-state index in [1.54, 1.807) is 27.7 Å². The van der Waals surface area contributed by atoms with Crippen molar-refractivity contribution >= 4 is 13.6 Å². The van der Waals surface area contributed by atoms with Gasteiger partial charge in [0, 0.05) is 6.92 Å². The highest BCUT2D eigenvalue weighted by atomic mass is 31.2. The molecule has 1 atom stereocenters. The Labute approximate surface area is 97.0 Å². The van der Waals surface area contributed by atoms with Gasteiger partial charge in [-0.05, 0) is 34.6 Å². The molecule has 0 aliphatic rings. The number of ether oxygens (including phenoxy) is 1. The quantitative estimate of drug-likeness (QED) is 0.537. The zero-order valence-corrected chi connectivity index (χ0v) is 11.6. The molecule has 0 aliphatic carbocycles. The molecule has 16 heavy (non-hydrogen) atoms. The summed E-state index contributed by atoms with van der Waals surface area (Å²) in [5.41, 5.74) is 0. The summed E-state index contributed by atoms with van der Waals surface area (Å²) in [5, 5.41) is 0. The summed E-state index contributed by atoms with van der Waals surface area (Å²) < 4.78 is 27.7. The lowest BCUT2D eigenvalue weighted by atomic mass is 10.5. The van der Waals surface area contributed by atoms with E-state index in [9.17, 15) is 9.36 Å². The van der Waals surface area contributed by atoms with Gasteiger partial charge in [0.05, 0.1) is 12.2 Å². The molecule has 0 saturated heterocycles. The van der Waals surface area contributed by atoms with Gasteiger partial charge < -0.3 is 13.8 Å². The SMILES string of the molecule is CC(=O)O[C@@H](C)P(=O)(OC(C)C)OC(C)C. The first-order chi connectivity index (χ1) is 7.17. The highest BCUT2D eigenvalue weighted by molar-refractivity contribution is 7.54. The van der Waals surface area contributed by atoms with Crippen molar-refractivity contribution in [2.75, 3.05) is 0 Å². The molecule has 5 nitrogen and oxygen atoms in total. The molecule has 0 aromatic heterocycles. The fourth-order valence-corrected chi connectivity index (χ4v) is 2.93. The molecule has 0 saturated carbocycles. The largest absolute Gasteiger partial charge is 0.450 e. The standard InChI is InChI=1S/C10H21O5P/c1-7(2)14-16(12,15-8(3)4)10(6)13-9(5)11/h7-8,10H,1-6H3/t10-/m1/s1. The molecule has 0 aromatic rings. The number of carbonyl (C=O) groups excluding carboxylic acids is 1. The molecule has 6 heteroatoms. The molecule has 0 spiro atoms. The van der Waals surface area contributed by atoms with E-state index >= 15 is 0 Å². The number of hydrogen-bond acceptors (Lipinski definition) is 5. The van der Waals surface area contributed by atoms with Crippen LogP contribution in [0.25, 0.3) is 0 Å². The third-order valence-electron chi connectivity index (χ3n) is 1.50. The van der Waals surface area contributed by atoms with E-state index in [1.165, 1.54) is 13.8 Å². The molecule has 0 bridgehead atoms. The van der Waals surface area contributed by atoms with Crippen LogP contribution in [0.15, 0.2) is 0 Å². The molecular formula is C10H21O5P. The van der Waals surface area contributed by atoms with Crippen LogP contribution < -0.4 is 0 Å². The summed E-state index contributed by atoms with van der Waals surface area (Å²) in [6.07, 6.45) is -0.523. The van der Waals surface area contributed by atoms with Gasteiger partial charge in [-0.2, -0.15) is 0 Å². The summed E-state index contributed by atoms with van der Waals surface area (Å²) in [7, 11) is -3.42. The Hall–Kier alpha value is -0.380. The van der Waals surface area contributed by atoms with Crippen molar-refractivity contribution in [3.8, 4) is 0 Å². The van der Waals surface area contributed by atoms with Crippen molar-refractivity contribution < 1.29 is 23.1 Å². The van der Waals surface area contributed by atoms with E-state index in [0.29, 0.717) is 0 Å². The van der Waals surface area contributed by atoms with Crippen LogP contribution in [-0.2, 0) is 23.1 Å². The molecule has 0 unspecified atom stereocenters. The van der Waals surface area contributed by atoms with Gasteiger partial charge in [-0.1, -0.05) is 0 Å². The molecule has 0 amide bonds. The Morgan fingerprint density at radius 2 is 1.38 bits per heavy atom. The first-order valence-corrected chi connectivity index (χ1v) is 6.92.